The predicted octanol–water partition coefficient (Wildman–Crippen LogP) is 2.57. The van der Waals surface area contributed by atoms with Gasteiger partial charge in [-0.2, -0.15) is 0 Å². The first-order valence-electron chi connectivity index (χ1n) is 5.13. The molecule has 0 bridgehead atoms. The summed E-state index contributed by atoms with van der Waals surface area (Å²) in [5, 5.41) is 11.3. The van der Waals surface area contributed by atoms with Crippen LogP contribution in [0.5, 0.6) is 0 Å². The minimum absolute atomic E-state index is 0.114. The molecule has 1 rings (SSSR count). The van der Waals surface area contributed by atoms with Gasteiger partial charge in [0.15, 0.2) is 0 Å². The highest BCUT2D eigenvalue weighted by atomic mass is 79.9. The summed E-state index contributed by atoms with van der Waals surface area (Å²) in [6.45, 7) is 1.36. The second-order valence-corrected chi connectivity index (χ2v) is 4.18. The lowest BCUT2D eigenvalue weighted by Crippen LogP contribution is -2.23. The van der Waals surface area contributed by atoms with Crippen LogP contribution >= 0.6 is 15.9 Å². The number of nitro benzene ring substituents is 1. The van der Waals surface area contributed by atoms with Gasteiger partial charge in [-0.3, -0.25) is 10.1 Å². The van der Waals surface area contributed by atoms with Gasteiger partial charge in [0, 0.05) is 43.9 Å². The fraction of sp³-hybridized carbons (Fsp3) is 0.455. The number of rotatable bonds is 6. The number of likely N-dealkylation sites (N-methyl/N-ethyl adjacent to an activating group) is 1. The van der Waals surface area contributed by atoms with Crippen LogP contribution in [0.1, 0.15) is 5.56 Å². The Kier molecular flexibility index (Phi) is 5.37. The summed E-state index contributed by atoms with van der Waals surface area (Å²) in [6.07, 6.45) is 0. The van der Waals surface area contributed by atoms with Crippen molar-refractivity contribution in [3.63, 3.8) is 0 Å². The zero-order valence-corrected chi connectivity index (χ0v) is 11.4. The van der Waals surface area contributed by atoms with E-state index in [1.165, 1.54) is 6.07 Å². The van der Waals surface area contributed by atoms with Crippen LogP contribution in [0.3, 0.4) is 0 Å². The number of benzene rings is 1. The second kappa shape index (κ2) is 6.56. The number of alkyl halides is 1. The van der Waals surface area contributed by atoms with E-state index in [-0.39, 0.29) is 10.6 Å². The Balaban J connectivity index is 2.95. The number of hydrogen-bond acceptors (Lipinski definition) is 4. The summed E-state index contributed by atoms with van der Waals surface area (Å²) in [4.78, 5) is 12.3. The third kappa shape index (κ3) is 3.67. The van der Waals surface area contributed by atoms with Crippen LogP contribution in [0.2, 0.25) is 0 Å². The number of methoxy groups -OCH3 is 1. The molecule has 0 amide bonds. The lowest BCUT2D eigenvalue weighted by atomic mass is 10.1. The quantitative estimate of drug-likeness (QED) is 0.460. The molecule has 0 atom stereocenters. The molecular weight excluding hydrogens is 288 g/mol. The Morgan fingerprint density at radius 1 is 1.53 bits per heavy atom. The molecule has 1 aromatic carbocycles. The van der Waals surface area contributed by atoms with Crippen LogP contribution in [0.4, 0.5) is 11.4 Å². The van der Waals surface area contributed by atoms with Gasteiger partial charge >= 0.3 is 0 Å². The summed E-state index contributed by atoms with van der Waals surface area (Å²) >= 11 is 3.35. The summed E-state index contributed by atoms with van der Waals surface area (Å²) < 4.78 is 5.01. The van der Waals surface area contributed by atoms with Crippen molar-refractivity contribution in [2.75, 3.05) is 32.2 Å². The Hall–Kier alpha value is -1.14. The van der Waals surface area contributed by atoms with E-state index in [1.807, 2.05) is 11.9 Å². The van der Waals surface area contributed by atoms with Gasteiger partial charge in [0.05, 0.1) is 11.5 Å². The first-order valence-corrected chi connectivity index (χ1v) is 6.25. The van der Waals surface area contributed by atoms with Crippen LogP contribution < -0.4 is 4.90 Å². The van der Waals surface area contributed by atoms with Crippen LogP contribution in [0.25, 0.3) is 0 Å². The Morgan fingerprint density at radius 3 is 2.76 bits per heavy atom. The molecule has 0 spiro atoms. The third-order valence-corrected chi connectivity index (χ3v) is 3.06. The van der Waals surface area contributed by atoms with Gasteiger partial charge in [0.2, 0.25) is 0 Å². The molecule has 0 aliphatic heterocycles. The van der Waals surface area contributed by atoms with Gasteiger partial charge in [0.25, 0.3) is 5.69 Å². The number of hydrogen-bond donors (Lipinski definition) is 0. The number of nitro groups is 1. The van der Waals surface area contributed by atoms with Gasteiger partial charge < -0.3 is 9.64 Å². The van der Waals surface area contributed by atoms with E-state index in [0.717, 1.165) is 17.8 Å². The number of halogens is 1. The Labute approximate surface area is 109 Å². The zero-order chi connectivity index (χ0) is 12.8. The van der Waals surface area contributed by atoms with Crippen molar-refractivity contribution >= 4 is 27.3 Å². The molecule has 0 aliphatic carbocycles. The van der Waals surface area contributed by atoms with Gasteiger partial charge in [-0.25, -0.2) is 0 Å². The van der Waals surface area contributed by atoms with Gasteiger partial charge in [-0.1, -0.05) is 15.9 Å². The van der Waals surface area contributed by atoms with Crippen molar-refractivity contribution in [3.8, 4) is 0 Å². The Morgan fingerprint density at radius 2 is 2.24 bits per heavy atom. The average molecular weight is 303 g/mol. The molecule has 6 heteroatoms. The number of non-ortho nitro benzene ring substituents is 1. The number of nitrogens with zero attached hydrogens (tertiary/aromatic N) is 2. The molecule has 1 aromatic rings. The standard InChI is InChI=1S/C11H15BrN2O3/c1-13(5-6-17-2)11-4-3-10(14(15)16)7-9(11)8-12/h3-4,7H,5-6,8H2,1-2H3. The smallest absolute Gasteiger partial charge is 0.269 e. The molecule has 94 valence electrons. The molecule has 0 aromatic heterocycles. The molecule has 0 saturated carbocycles. The van der Waals surface area contributed by atoms with Crippen molar-refractivity contribution < 1.29 is 9.66 Å². The number of anilines is 1. The van der Waals surface area contributed by atoms with Crippen LogP contribution in [-0.2, 0) is 10.1 Å². The molecule has 5 nitrogen and oxygen atoms in total. The van der Waals surface area contributed by atoms with Crippen molar-refractivity contribution in [2.24, 2.45) is 0 Å². The molecule has 0 fully saturated rings. The molecule has 0 aliphatic rings. The van der Waals surface area contributed by atoms with Crippen LogP contribution in [0.15, 0.2) is 18.2 Å². The fourth-order valence-electron chi connectivity index (χ4n) is 1.51. The van der Waals surface area contributed by atoms with E-state index < -0.39 is 0 Å². The SMILES string of the molecule is COCCN(C)c1ccc([N+](=O)[O-])cc1CBr. The minimum atomic E-state index is -0.384. The predicted molar refractivity (Wildman–Crippen MR) is 70.9 cm³/mol. The molecule has 0 N–H and O–H groups in total. The lowest BCUT2D eigenvalue weighted by Gasteiger charge is -2.21. The highest BCUT2D eigenvalue weighted by Gasteiger charge is 2.12. The fourth-order valence-corrected chi connectivity index (χ4v) is 1.96. The van der Waals surface area contributed by atoms with E-state index in [1.54, 1.807) is 19.2 Å². The van der Waals surface area contributed by atoms with Crippen LogP contribution in [-0.4, -0.2) is 32.2 Å². The highest BCUT2D eigenvalue weighted by molar-refractivity contribution is 9.08. The second-order valence-electron chi connectivity index (χ2n) is 3.62. The van der Waals surface area contributed by atoms with E-state index in [0.29, 0.717) is 11.9 Å². The van der Waals surface area contributed by atoms with Gasteiger partial charge in [0.1, 0.15) is 0 Å². The topological polar surface area (TPSA) is 55.6 Å². The molecular formula is C11H15BrN2O3. The summed E-state index contributed by atoms with van der Waals surface area (Å²) in [5.74, 6) is 0. The van der Waals surface area contributed by atoms with Crippen molar-refractivity contribution in [2.45, 2.75) is 5.33 Å². The third-order valence-electron chi connectivity index (χ3n) is 2.46. The lowest BCUT2D eigenvalue weighted by molar-refractivity contribution is -0.384. The summed E-state index contributed by atoms with van der Waals surface area (Å²) in [6, 6.07) is 4.88. The maximum absolute atomic E-state index is 10.7. The zero-order valence-electron chi connectivity index (χ0n) is 9.85. The molecule has 0 saturated heterocycles. The van der Waals surface area contributed by atoms with Crippen molar-refractivity contribution in [3.05, 3.63) is 33.9 Å². The van der Waals surface area contributed by atoms with Crippen molar-refractivity contribution in [1.82, 2.24) is 0 Å². The molecule has 0 radical (unpaired) electrons. The maximum atomic E-state index is 10.7. The normalized spacial score (nSPS) is 10.3. The van der Waals surface area contributed by atoms with E-state index in [2.05, 4.69) is 15.9 Å². The van der Waals surface area contributed by atoms with E-state index >= 15 is 0 Å². The van der Waals surface area contributed by atoms with E-state index in [4.69, 9.17) is 4.74 Å². The maximum Gasteiger partial charge on any atom is 0.269 e. The Bertz CT molecular complexity index is 398. The monoisotopic (exact) mass is 302 g/mol. The minimum Gasteiger partial charge on any atom is -0.383 e. The first-order chi connectivity index (χ1) is 8.10. The van der Waals surface area contributed by atoms with Gasteiger partial charge in [-0.05, 0) is 11.6 Å². The van der Waals surface area contributed by atoms with Crippen LogP contribution in [0, 0.1) is 10.1 Å². The highest BCUT2D eigenvalue weighted by Crippen LogP contribution is 2.26. The largest absolute Gasteiger partial charge is 0.383 e. The first kappa shape index (κ1) is 13.9. The molecule has 17 heavy (non-hydrogen) atoms. The summed E-state index contributed by atoms with van der Waals surface area (Å²) in [7, 11) is 3.58. The molecule has 0 heterocycles. The summed E-state index contributed by atoms with van der Waals surface area (Å²) in [5.41, 5.74) is 1.99. The van der Waals surface area contributed by atoms with E-state index in [9.17, 15) is 10.1 Å². The van der Waals surface area contributed by atoms with Crippen molar-refractivity contribution in [1.29, 1.82) is 0 Å². The van der Waals surface area contributed by atoms with Gasteiger partial charge in [-0.15, -0.1) is 0 Å². The average Bonchev–Trinajstić information content (AvgIpc) is 2.34. The molecule has 0 unspecified atom stereocenters. The number of ether oxygens (including phenoxy) is 1.